The first-order valence-corrected chi connectivity index (χ1v) is 2.16. The molecule has 1 fully saturated rings. The van der Waals surface area contributed by atoms with E-state index >= 15 is 0 Å². The molecule has 1 radical (unpaired) electrons. The van der Waals surface area contributed by atoms with Gasteiger partial charge in [-0.1, -0.05) is 6.92 Å². The molecule has 0 bridgehead atoms. The topological polar surface area (TPSA) is 57.5 Å². The normalized spacial score (nSPS) is 24.3. The average molecular weight is 165 g/mol. The maximum atomic E-state index is 10.2. The molecule has 1 amide bonds. The van der Waals surface area contributed by atoms with Gasteiger partial charge in [0.1, 0.15) is 0 Å². The van der Waals surface area contributed by atoms with Crippen LogP contribution in [0.3, 0.4) is 0 Å². The first-order valence-electron chi connectivity index (χ1n) is 2.16. The molecular weight excluding hydrogens is 161 g/mol. The van der Waals surface area contributed by atoms with E-state index in [0.717, 1.165) is 0 Å². The standard InChI is InChI=1S/C4H5NO3.V/c1-2-3(6)8-4(7)5-2;/h2H,1H3,(H,5,7);/p-1/t2-;/m0./s1. The molecule has 0 aromatic heterocycles. The number of cyclic esters (lactones) is 2. The molecule has 0 N–H and O–H groups in total. The Morgan fingerprint density at radius 3 is 2.22 bits per heavy atom. The van der Waals surface area contributed by atoms with Crippen molar-refractivity contribution in [3.05, 3.63) is 5.32 Å². The summed E-state index contributed by atoms with van der Waals surface area (Å²) in [5.41, 5.74) is 0. The molecule has 0 unspecified atom stereocenters. The first-order chi connectivity index (χ1) is 3.70. The number of carbonyl (C=O) groups is 2. The Bertz CT molecular complexity index is 147. The van der Waals surface area contributed by atoms with E-state index in [1.165, 1.54) is 6.92 Å². The van der Waals surface area contributed by atoms with Crippen molar-refractivity contribution in [2.24, 2.45) is 0 Å². The van der Waals surface area contributed by atoms with Gasteiger partial charge in [-0.2, -0.15) is 0 Å². The molecule has 9 heavy (non-hydrogen) atoms. The zero-order valence-electron chi connectivity index (χ0n) is 4.70. The third-order valence-corrected chi connectivity index (χ3v) is 0.828. The summed E-state index contributed by atoms with van der Waals surface area (Å²) >= 11 is 0. The molecular formula is C4H4NO3V-. The fourth-order valence-corrected chi connectivity index (χ4v) is 0.409. The maximum absolute atomic E-state index is 10.2. The van der Waals surface area contributed by atoms with Crippen LogP contribution in [-0.2, 0) is 28.1 Å². The van der Waals surface area contributed by atoms with Gasteiger partial charge in [0.15, 0.2) is 0 Å². The molecule has 5 heteroatoms. The van der Waals surface area contributed by atoms with Gasteiger partial charge in [-0.25, -0.2) is 0 Å². The molecule has 4 nitrogen and oxygen atoms in total. The summed E-state index contributed by atoms with van der Waals surface area (Å²) in [4.78, 5) is 20.3. The van der Waals surface area contributed by atoms with E-state index in [0.29, 0.717) is 0 Å². The van der Waals surface area contributed by atoms with Crippen LogP contribution in [0.1, 0.15) is 6.92 Å². The van der Waals surface area contributed by atoms with E-state index in [1.807, 2.05) is 0 Å². The van der Waals surface area contributed by atoms with Crippen molar-refractivity contribution in [2.45, 2.75) is 13.0 Å². The summed E-state index contributed by atoms with van der Waals surface area (Å²) in [7, 11) is 0. The number of hydrogen-bond acceptors (Lipinski definition) is 3. The second-order valence-electron chi connectivity index (χ2n) is 1.49. The number of hydrogen-bond donors (Lipinski definition) is 0. The van der Waals surface area contributed by atoms with Crippen molar-refractivity contribution in [3.63, 3.8) is 0 Å². The Morgan fingerprint density at radius 1 is 1.56 bits per heavy atom. The molecule has 0 spiro atoms. The number of ether oxygens (including phenoxy) is 1. The van der Waals surface area contributed by atoms with Crippen LogP contribution in [0.15, 0.2) is 0 Å². The third-order valence-electron chi connectivity index (χ3n) is 0.828. The second-order valence-corrected chi connectivity index (χ2v) is 1.49. The van der Waals surface area contributed by atoms with Crippen molar-refractivity contribution in [1.29, 1.82) is 0 Å². The molecule has 1 aliphatic rings. The van der Waals surface area contributed by atoms with E-state index < -0.39 is 18.1 Å². The van der Waals surface area contributed by atoms with Gasteiger partial charge >= 0.3 is 0 Å². The summed E-state index contributed by atoms with van der Waals surface area (Å²) in [6, 6.07) is -0.595. The molecule has 49 valence electrons. The van der Waals surface area contributed by atoms with E-state index in [1.54, 1.807) is 0 Å². The third kappa shape index (κ3) is 1.73. The van der Waals surface area contributed by atoms with Crippen LogP contribution in [0.2, 0.25) is 0 Å². The van der Waals surface area contributed by atoms with Gasteiger partial charge in [0.25, 0.3) is 5.97 Å². The predicted molar refractivity (Wildman–Crippen MR) is 24.3 cm³/mol. The van der Waals surface area contributed by atoms with Gasteiger partial charge in [-0.15, -0.1) is 0 Å². The largest absolute Gasteiger partial charge is 0.605 e. The van der Waals surface area contributed by atoms with Gasteiger partial charge in [0, 0.05) is 18.6 Å². The minimum atomic E-state index is -0.775. The van der Waals surface area contributed by atoms with Crippen LogP contribution >= 0.6 is 0 Å². The van der Waals surface area contributed by atoms with E-state index in [-0.39, 0.29) is 18.6 Å². The Hall–Kier alpha value is -0.476. The number of rotatable bonds is 0. The minimum Gasteiger partial charge on any atom is -0.605 e. The van der Waals surface area contributed by atoms with E-state index in [2.05, 4.69) is 10.1 Å². The van der Waals surface area contributed by atoms with Crippen molar-refractivity contribution >= 4 is 12.1 Å². The molecule has 0 saturated carbocycles. The van der Waals surface area contributed by atoms with Crippen molar-refractivity contribution < 1.29 is 32.9 Å². The summed E-state index contributed by atoms with van der Waals surface area (Å²) in [6.45, 7) is 1.51. The zero-order chi connectivity index (χ0) is 6.15. The SMILES string of the molecule is C[C@@H]1[N-]C(=O)OC1=O.[V]. The molecule has 0 aliphatic carbocycles. The van der Waals surface area contributed by atoms with Gasteiger partial charge in [-0.3, -0.25) is 9.59 Å². The van der Waals surface area contributed by atoms with E-state index in [4.69, 9.17) is 0 Å². The van der Waals surface area contributed by atoms with Crippen LogP contribution in [-0.4, -0.2) is 18.1 Å². The molecule has 1 atom stereocenters. The van der Waals surface area contributed by atoms with E-state index in [9.17, 15) is 9.59 Å². The zero-order valence-corrected chi connectivity index (χ0v) is 6.09. The monoisotopic (exact) mass is 165 g/mol. The van der Waals surface area contributed by atoms with Crippen molar-refractivity contribution in [1.82, 2.24) is 0 Å². The quantitative estimate of drug-likeness (QED) is 0.386. The van der Waals surface area contributed by atoms with Crippen molar-refractivity contribution in [2.75, 3.05) is 0 Å². The second kappa shape index (κ2) is 2.89. The molecule has 0 aromatic rings. The maximum Gasteiger partial charge on any atom is 0.297 e. The Kier molecular flexibility index (Phi) is 2.74. The van der Waals surface area contributed by atoms with Gasteiger partial charge in [0.05, 0.1) is 0 Å². The fourth-order valence-electron chi connectivity index (χ4n) is 0.409. The summed E-state index contributed by atoms with van der Waals surface area (Å²) in [5, 5.41) is 3.26. The van der Waals surface area contributed by atoms with Crippen LogP contribution < -0.4 is 0 Å². The van der Waals surface area contributed by atoms with Crippen molar-refractivity contribution in [3.8, 4) is 0 Å². The minimum absolute atomic E-state index is 0. The summed E-state index contributed by atoms with van der Waals surface area (Å²) < 4.78 is 4.03. The average Bonchev–Trinajstić information content (AvgIpc) is 1.85. The fraction of sp³-hybridized carbons (Fsp3) is 0.500. The number of amides is 1. The van der Waals surface area contributed by atoms with Crippen LogP contribution in [0.5, 0.6) is 0 Å². The molecule has 1 saturated heterocycles. The molecule has 0 aromatic carbocycles. The molecule has 1 aliphatic heterocycles. The van der Waals surface area contributed by atoms with Crippen LogP contribution in [0.25, 0.3) is 5.32 Å². The Labute approximate surface area is 63.8 Å². The number of carbonyl (C=O) groups excluding carboxylic acids is 2. The van der Waals surface area contributed by atoms with Gasteiger partial charge in [-0.05, 0) is 6.04 Å². The van der Waals surface area contributed by atoms with Crippen LogP contribution in [0, 0.1) is 0 Å². The van der Waals surface area contributed by atoms with Crippen LogP contribution in [0.4, 0.5) is 4.79 Å². The Balaban J connectivity index is 0.000000640. The number of esters is 1. The first kappa shape index (κ1) is 8.52. The van der Waals surface area contributed by atoms with Gasteiger partial charge in [0.2, 0.25) is 6.09 Å². The molecule has 1 heterocycles. The summed E-state index contributed by atoms with van der Waals surface area (Å²) in [5.74, 6) is -0.560. The number of nitrogens with zero attached hydrogens (tertiary/aromatic N) is 1. The smallest absolute Gasteiger partial charge is 0.297 e. The molecule has 1 rings (SSSR count). The Morgan fingerprint density at radius 2 is 2.11 bits per heavy atom. The van der Waals surface area contributed by atoms with Gasteiger partial charge < -0.3 is 10.1 Å². The summed E-state index contributed by atoms with van der Waals surface area (Å²) in [6.07, 6.45) is -0.775. The predicted octanol–water partition coefficient (Wildman–Crippen LogP) is 0.423.